The molecule has 0 atom stereocenters. The average molecular weight is 218 g/mol. The van der Waals surface area contributed by atoms with Gasteiger partial charge in [0.05, 0.1) is 6.54 Å². The van der Waals surface area contributed by atoms with Gasteiger partial charge in [-0.2, -0.15) is 0 Å². The van der Waals surface area contributed by atoms with Crippen molar-refractivity contribution in [3.05, 3.63) is 24.3 Å². The summed E-state index contributed by atoms with van der Waals surface area (Å²) in [6.07, 6.45) is -2.31. The summed E-state index contributed by atoms with van der Waals surface area (Å²) in [5.41, 5.74) is 0.967. The second-order valence-corrected chi connectivity index (χ2v) is 3.58. The highest BCUT2D eigenvalue weighted by atomic mass is 32.2. The van der Waals surface area contributed by atoms with Gasteiger partial charge in [-0.15, -0.1) is 0 Å². The SMILES string of the molecule is CNc1cccc(SNCC(F)F)c1. The van der Waals surface area contributed by atoms with E-state index in [0.717, 1.165) is 10.6 Å². The fourth-order valence-electron chi connectivity index (χ4n) is 0.903. The molecule has 1 aromatic carbocycles. The van der Waals surface area contributed by atoms with Crippen LogP contribution < -0.4 is 10.0 Å². The number of hydrogen-bond donors (Lipinski definition) is 2. The zero-order valence-electron chi connectivity index (χ0n) is 7.76. The number of benzene rings is 1. The van der Waals surface area contributed by atoms with Gasteiger partial charge in [-0.3, -0.25) is 4.72 Å². The maximum absolute atomic E-state index is 11.8. The lowest BCUT2D eigenvalue weighted by atomic mass is 10.3. The first kappa shape index (κ1) is 11.3. The Balaban J connectivity index is 2.42. The Morgan fingerprint density at radius 3 is 2.86 bits per heavy atom. The Morgan fingerprint density at radius 1 is 1.43 bits per heavy atom. The third-order valence-corrected chi connectivity index (χ3v) is 2.35. The summed E-state index contributed by atoms with van der Waals surface area (Å²) in [5.74, 6) is 0. The molecular weight excluding hydrogens is 206 g/mol. The van der Waals surface area contributed by atoms with Gasteiger partial charge in [0.1, 0.15) is 0 Å². The van der Waals surface area contributed by atoms with Gasteiger partial charge >= 0.3 is 0 Å². The predicted molar refractivity (Wildman–Crippen MR) is 55.9 cm³/mol. The second kappa shape index (κ2) is 5.82. The van der Waals surface area contributed by atoms with Crippen molar-refractivity contribution in [1.29, 1.82) is 0 Å². The summed E-state index contributed by atoms with van der Waals surface area (Å²) in [5, 5.41) is 2.98. The summed E-state index contributed by atoms with van der Waals surface area (Å²) in [7, 11) is 1.82. The highest BCUT2D eigenvalue weighted by Crippen LogP contribution is 2.18. The van der Waals surface area contributed by atoms with E-state index in [9.17, 15) is 8.78 Å². The molecule has 0 bridgehead atoms. The Bertz CT molecular complexity index is 281. The van der Waals surface area contributed by atoms with Gasteiger partial charge < -0.3 is 5.32 Å². The molecule has 14 heavy (non-hydrogen) atoms. The fraction of sp³-hybridized carbons (Fsp3) is 0.333. The van der Waals surface area contributed by atoms with E-state index >= 15 is 0 Å². The number of rotatable bonds is 5. The minimum Gasteiger partial charge on any atom is -0.388 e. The third kappa shape index (κ3) is 3.93. The van der Waals surface area contributed by atoms with Crippen LogP contribution in [0, 0.1) is 0 Å². The standard InChI is InChI=1S/C9H12F2N2S/c1-12-7-3-2-4-8(5-7)14-13-6-9(10)11/h2-5,9,12-13H,6H2,1H3. The van der Waals surface area contributed by atoms with Gasteiger partial charge in [-0.1, -0.05) is 6.07 Å². The molecule has 1 rings (SSSR count). The van der Waals surface area contributed by atoms with Crippen LogP contribution in [0.25, 0.3) is 0 Å². The highest BCUT2D eigenvalue weighted by molar-refractivity contribution is 7.97. The first-order chi connectivity index (χ1) is 6.72. The molecule has 0 spiro atoms. The quantitative estimate of drug-likeness (QED) is 0.743. The first-order valence-electron chi connectivity index (χ1n) is 4.18. The maximum atomic E-state index is 11.8. The molecule has 5 heteroatoms. The summed E-state index contributed by atoms with van der Waals surface area (Å²) < 4.78 is 26.2. The molecule has 0 saturated heterocycles. The number of nitrogens with one attached hydrogen (secondary N) is 2. The number of anilines is 1. The van der Waals surface area contributed by atoms with E-state index in [-0.39, 0.29) is 6.54 Å². The average Bonchev–Trinajstić information content (AvgIpc) is 2.18. The number of hydrogen-bond acceptors (Lipinski definition) is 3. The van der Waals surface area contributed by atoms with Gasteiger partial charge in [-0.25, -0.2) is 8.78 Å². The van der Waals surface area contributed by atoms with E-state index in [4.69, 9.17) is 0 Å². The van der Waals surface area contributed by atoms with E-state index in [1.807, 2.05) is 31.3 Å². The van der Waals surface area contributed by atoms with Crippen molar-refractivity contribution in [1.82, 2.24) is 4.72 Å². The van der Waals surface area contributed by atoms with Crippen LogP contribution in [0.1, 0.15) is 0 Å². The predicted octanol–water partition coefficient (Wildman–Crippen LogP) is 2.59. The van der Waals surface area contributed by atoms with Crippen LogP contribution in [0.5, 0.6) is 0 Å². The molecule has 0 radical (unpaired) electrons. The van der Waals surface area contributed by atoms with Crippen molar-refractivity contribution in [2.24, 2.45) is 0 Å². The highest BCUT2D eigenvalue weighted by Gasteiger charge is 2.01. The van der Waals surface area contributed by atoms with E-state index in [2.05, 4.69) is 10.0 Å². The van der Waals surface area contributed by atoms with Crippen LogP contribution in [0.3, 0.4) is 0 Å². The molecule has 0 saturated carbocycles. The van der Waals surface area contributed by atoms with Crippen molar-refractivity contribution in [3.8, 4) is 0 Å². The summed E-state index contributed by atoms with van der Waals surface area (Å²) in [4.78, 5) is 0.914. The van der Waals surface area contributed by atoms with Gasteiger partial charge in [0.15, 0.2) is 0 Å². The molecule has 0 fully saturated rings. The topological polar surface area (TPSA) is 24.1 Å². The summed E-state index contributed by atoms with van der Waals surface area (Å²) >= 11 is 1.21. The number of alkyl halides is 2. The lowest BCUT2D eigenvalue weighted by Gasteiger charge is -2.05. The van der Waals surface area contributed by atoms with E-state index in [1.54, 1.807) is 0 Å². The van der Waals surface area contributed by atoms with Crippen LogP contribution in [0.2, 0.25) is 0 Å². The normalized spacial score (nSPS) is 10.6. The molecule has 1 aromatic rings. The molecule has 0 amide bonds. The minimum absolute atomic E-state index is 0.297. The van der Waals surface area contributed by atoms with Gasteiger partial charge in [0.2, 0.25) is 0 Å². The largest absolute Gasteiger partial charge is 0.388 e. The van der Waals surface area contributed by atoms with Crippen LogP contribution >= 0.6 is 11.9 Å². The molecule has 0 aliphatic carbocycles. The van der Waals surface area contributed by atoms with E-state index < -0.39 is 6.43 Å². The molecule has 78 valence electrons. The van der Waals surface area contributed by atoms with Crippen LogP contribution in [0.15, 0.2) is 29.2 Å². The molecule has 0 aromatic heterocycles. The molecule has 0 heterocycles. The first-order valence-corrected chi connectivity index (χ1v) is 4.99. The lowest BCUT2D eigenvalue weighted by Crippen LogP contribution is -2.13. The monoisotopic (exact) mass is 218 g/mol. The molecular formula is C9H12F2N2S. The maximum Gasteiger partial charge on any atom is 0.251 e. The zero-order chi connectivity index (χ0) is 10.4. The second-order valence-electron chi connectivity index (χ2n) is 2.62. The van der Waals surface area contributed by atoms with Gasteiger partial charge in [0.25, 0.3) is 6.43 Å². The van der Waals surface area contributed by atoms with Crippen molar-refractivity contribution in [3.63, 3.8) is 0 Å². The van der Waals surface area contributed by atoms with Crippen molar-refractivity contribution in [2.45, 2.75) is 11.3 Å². The summed E-state index contributed by atoms with van der Waals surface area (Å²) in [6.45, 7) is -0.297. The smallest absolute Gasteiger partial charge is 0.251 e. The Labute approximate surface area is 86.2 Å². The molecule has 2 nitrogen and oxygen atoms in total. The zero-order valence-corrected chi connectivity index (χ0v) is 8.57. The van der Waals surface area contributed by atoms with Crippen LogP contribution in [-0.2, 0) is 0 Å². The lowest BCUT2D eigenvalue weighted by molar-refractivity contribution is 0.154. The van der Waals surface area contributed by atoms with Crippen LogP contribution in [-0.4, -0.2) is 20.0 Å². The summed E-state index contributed by atoms with van der Waals surface area (Å²) in [6, 6.07) is 7.54. The van der Waals surface area contributed by atoms with Crippen molar-refractivity contribution < 1.29 is 8.78 Å². The number of halogens is 2. The molecule has 0 aliphatic rings. The van der Waals surface area contributed by atoms with Gasteiger partial charge in [-0.05, 0) is 30.1 Å². The molecule has 0 unspecified atom stereocenters. The van der Waals surface area contributed by atoms with E-state index in [0.29, 0.717) is 0 Å². The molecule has 0 aliphatic heterocycles. The van der Waals surface area contributed by atoms with Crippen molar-refractivity contribution >= 4 is 17.6 Å². The van der Waals surface area contributed by atoms with E-state index in [1.165, 1.54) is 11.9 Å². The van der Waals surface area contributed by atoms with Gasteiger partial charge in [0, 0.05) is 17.6 Å². The van der Waals surface area contributed by atoms with Crippen molar-refractivity contribution in [2.75, 3.05) is 18.9 Å². The Kier molecular flexibility index (Phi) is 4.69. The Morgan fingerprint density at radius 2 is 2.21 bits per heavy atom. The fourth-order valence-corrected chi connectivity index (χ4v) is 1.61. The van der Waals surface area contributed by atoms with Crippen LogP contribution in [0.4, 0.5) is 14.5 Å². The minimum atomic E-state index is -2.31. The third-order valence-electron chi connectivity index (χ3n) is 1.55. The Hall–Kier alpha value is -0.810. The molecule has 2 N–H and O–H groups in total.